The molecule has 1 heterocycles. The molecule has 1 aliphatic rings. The Balaban J connectivity index is 1.91. The van der Waals surface area contributed by atoms with E-state index < -0.39 is 11.9 Å². The van der Waals surface area contributed by atoms with Crippen molar-refractivity contribution >= 4 is 11.9 Å². The summed E-state index contributed by atoms with van der Waals surface area (Å²) in [5, 5.41) is 9.10. The van der Waals surface area contributed by atoms with Crippen molar-refractivity contribution in [2.24, 2.45) is 5.92 Å². The van der Waals surface area contributed by atoms with Gasteiger partial charge < -0.3 is 19.5 Å². The van der Waals surface area contributed by atoms with Crippen LogP contribution in [0.15, 0.2) is 24.3 Å². The number of carboxylic acid groups (broad SMARTS) is 1. The van der Waals surface area contributed by atoms with Gasteiger partial charge in [0.1, 0.15) is 11.5 Å². The fraction of sp³-hybridized carbons (Fsp3) is 0.500. The van der Waals surface area contributed by atoms with Crippen molar-refractivity contribution in [3.8, 4) is 11.5 Å². The van der Waals surface area contributed by atoms with Crippen LogP contribution in [0.5, 0.6) is 11.5 Å². The van der Waals surface area contributed by atoms with Gasteiger partial charge in [-0.1, -0.05) is 0 Å². The van der Waals surface area contributed by atoms with E-state index in [1.54, 1.807) is 36.3 Å². The molecule has 1 saturated heterocycles. The average Bonchev–Trinajstić information content (AvgIpc) is 2.53. The number of carboxylic acids is 1. The molecule has 0 aromatic heterocycles. The molecular formula is C16H21NO5. The Morgan fingerprint density at radius 1 is 1.23 bits per heavy atom. The second kappa shape index (κ2) is 7.15. The van der Waals surface area contributed by atoms with Crippen LogP contribution in [0.1, 0.15) is 19.8 Å². The number of ether oxygens (including phenoxy) is 2. The Labute approximate surface area is 129 Å². The molecule has 120 valence electrons. The topological polar surface area (TPSA) is 76.1 Å². The smallest absolute Gasteiger partial charge is 0.308 e. The summed E-state index contributed by atoms with van der Waals surface area (Å²) in [5.74, 6) is -0.225. The van der Waals surface area contributed by atoms with Crippen LogP contribution in [0.4, 0.5) is 0 Å². The van der Waals surface area contributed by atoms with Gasteiger partial charge in [0, 0.05) is 12.6 Å². The Morgan fingerprint density at radius 2 is 1.86 bits per heavy atom. The molecule has 22 heavy (non-hydrogen) atoms. The Morgan fingerprint density at radius 3 is 2.45 bits per heavy atom. The van der Waals surface area contributed by atoms with Crippen molar-refractivity contribution < 1.29 is 24.2 Å². The first-order valence-electron chi connectivity index (χ1n) is 7.30. The van der Waals surface area contributed by atoms with Crippen LogP contribution >= 0.6 is 0 Å². The highest BCUT2D eigenvalue weighted by molar-refractivity contribution is 5.79. The van der Waals surface area contributed by atoms with Crippen molar-refractivity contribution in [2.45, 2.75) is 25.8 Å². The first-order valence-corrected chi connectivity index (χ1v) is 7.30. The van der Waals surface area contributed by atoms with Gasteiger partial charge in [-0.3, -0.25) is 9.59 Å². The molecule has 2 rings (SSSR count). The van der Waals surface area contributed by atoms with Gasteiger partial charge in [0.25, 0.3) is 5.91 Å². The summed E-state index contributed by atoms with van der Waals surface area (Å²) in [6.45, 7) is 2.09. The maximum atomic E-state index is 12.3. The second-order valence-corrected chi connectivity index (χ2v) is 5.47. The number of hydrogen-bond acceptors (Lipinski definition) is 4. The fourth-order valence-electron chi connectivity index (χ4n) is 2.56. The van der Waals surface area contributed by atoms with Gasteiger partial charge in [-0.2, -0.15) is 0 Å². The predicted octanol–water partition coefficient (Wildman–Crippen LogP) is 1.79. The number of nitrogens with zero attached hydrogens (tertiary/aromatic N) is 1. The van der Waals surface area contributed by atoms with E-state index in [0.717, 1.165) is 0 Å². The van der Waals surface area contributed by atoms with E-state index in [9.17, 15) is 9.59 Å². The summed E-state index contributed by atoms with van der Waals surface area (Å²) in [7, 11) is 1.58. The minimum atomic E-state index is -0.847. The molecule has 1 aliphatic heterocycles. The number of amides is 1. The highest BCUT2D eigenvalue weighted by Crippen LogP contribution is 2.23. The number of aliphatic carboxylic acids is 1. The van der Waals surface area contributed by atoms with Gasteiger partial charge >= 0.3 is 5.97 Å². The van der Waals surface area contributed by atoms with Crippen molar-refractivity contribution in [3.63, 3.8) is 0 Å². The normalized spacial score (nSPS) is 21.3. The van der Waals surface area contributed by atoms with Crippen molar-refractivity contribution in [2.75, 3.05) is 20.3 Å². The molecule has 0 bridgehead atoms. The number of piperidine rings is 1. The van der Waals surface area contributed by atoms with Crippen LogP contribution in [0.25, 0.3) is 0 Å². The lowest BCUT2D eigenvalue weighted by Crippen LogP contribution is -2.49. The first-order chi connectivity index (χ1) is 10.5. The number of likely N-dealkylation sites (tertiary alicyclic amines) is 1. The minimum absolute atomic E-state index is 0.0440. The zero-order valence-electron chi connectivity index (χ0n) is 12.8. The number of carbonyl (C=O) groups excluding carboxylic acids is 1. The van der Waals surface area contributed by atoms with Crippen LogP contribution in [0.2, 0.25) is 0 Å². The number of benzene rings is 1. The predicted molar refractivity (Wildman–Crippen MR) is 80.0 cm³/mol. The molecule has 1 fully saturated rings. The number of hydrogen-bond donors (Lipinski definition) is 1. The summed E-state index contributed by atoms with van der Waals surface area (Å²) >= 11 is 0. The lowest BCUT2D eigenvalue weighted by atomic mass is 9.93. The van der Waals surface area contributed by atoms with Gasteiger partial charge in [0.05, 0.1) is 13.0 Å². The molecule has 1 amide bonds. The maximum absolute atomic E-state index is 12.3. The van der Waals surface area contributed by atoms with Crippen molar-refractivity contribution in [1.29, 1.82) is 0 Å². The molecule has 2 unspecified atom stereocenters. The zero-order valence-corrected chi connectivity index (χ0v) is 12.8. The maximum Gasteiger partial charge on any atom is 0.308 e. The molecule has 1 aromatic carbocycles. The van der Waals surface area contributed by atoms with Gasteiger partial charge in [-0.15, -0.1) is 0 Å². The molecular weight excluding hydrogens is 286 g/mol. The number of rotatable bonds is 5. The van der Waals surface area contributed by atoms with Crippen LogP contribution < -0.4 is 9.47 Å². The molecule has 2 atom stereocenters. The summed E-state index contributed by atoms with van der Waals surface area (Å²) in [4.78, 5) is 24.9. The molecule has 0 aliphatic carbocycles. The SMILES string of the molecule is COc1ccc(OCC(=O)N2CC(C(=O)O)CCC2C)cc1. The van der Waals surface area contributed by atoms with Crippen molar-refractivity contribution in [1.82, 2.24) is 4.90 Å². The van der Waals surface area contributed by atoms with E-state index in [4.69, 9.17) is 14.6 Å². The third-order valence-corrected chi connectivity index (χ3v) is 3.97. The zero-order chi connectivity index (χ0) is 16.1. The molecule has 6 nitrogen and oxygen atoms in total. The highest BCUT2D eigenvalue weighted by atomic mass is 16.5. The van der Waals surface area contributed by atoms with E-state index in [0.29, 0.717) is 24.3 Å². The first kappa shape index (κ1) is 16.1. The molecule has 1 aromatic rings. The molecule has 0 spiro atoms. The van der Waals surface area contributed by atoms with E-state index in [1.807, 2.05) is 6.92 Å². The van der Waals surface area contributed by atoms with E-state index in [1.165, 1.54) is 0 Å². The minimum Gasteiger partial charge on any atom is -0.497 e. The molecule has 0 radical (unpaired) electrons. The summed E-state index contributed by atoms with van der Waals surface area (Å²) < 4.78 is 10.5. The third kappa shape index (κ3) is 3.90. The van der Waals surface area contributed by atoms with E-state index in [2.05, 4.69) is 0 Å². The van der Waals surface area contributed by atoms with Gasteiger partial charge in [0.2, 0.25) is 0 Å². The quantitative estimate of drug-likeness (QED) is 0.897. The van der Waals surface area contributed by atoms with Crippen LogP contribution in [-0.4, -0.2) is 48.2 Å². The Kier molecular flexibility index (Phi) is 5.25. The van der Waals surface area contributed by atoms with Crippen LogP contribution in [0, 0.1) is 5.92 Å². The summed E-state index contributed by atoms with van der Waals surface area (Å²) in [5.41, 5.74) is 0. The Bertz CT molecular complexity index is 528. The standard InChI is InChI=1S/C16H21NO5/c1-11-3-4-12(16(19)20)9-17(11)15(18)10-22-14-7-5-13(21-2)6-8-14/h5-8,11-12H,3-4,9-10H2,1-2H3,(H,19,20). The fourth-order valence-corrected chi connectivity index (χ4v) is 2.56. The van der Waals surface area contributed by atoms with Crippen LogP contribution in [-0.2, 0) is 9.59 Å². The lowest BCUT2D eigenvalue weighted by Gasteiger charge is -2.36. The molecule has 1 N–H and O–H groups in total. The number of methoxy groups -OCH3 is 1. The summed E-state index contributed by atoms with van der Waals surface area (Å²) in [6.07, 6.45) is 1.31. The highest BCUT2D eigenvalue weighted by Gasteiger charge is 2.32. The van der Waals surface area contributed by atoms with Gasteiger partial charge in [0.15, 0.2) is 6.61 Å². The summed E-state index contributed by atoms with van der Waals surface area (Å²) in [6, 6.07) is 7.01. The van der Waals surface area contributed by atoms with E-state index in [-0.39, 0.29) is 25.1 Å². The average molecular weight is 307 g/mol. The molecule has 6 heteroatoms. The van der Waals surface area contributed by atoms with Crippen LogP contribution in [0.3, 0.4) is 0 Å². The third-order valence-electron chi connectivity index (χ3n) is 3.97. The number of carbonyl (C=O) groups is 2. The monoisotopic (exact) mass is 307 g/mol. The second-order valence-electron chi connectivity index (χ2n) is 5.47. The Hall–Kier alpha value is -2.24. The van der Waals surface area contributed by atoms with Gasteiger partial charge in [-0.25, -0.2) is 0 Å². The molecule has 0 saturated carbocycles. The van der Waals surface area contributed by atoms with E-state index >= 15 is 0 Å². The lowest BCUT2D eigenvalue weighted by molar-refractivity contribution is -0.147. The van der Waals surface area contributed by atoms with Gasteiger partial charge in [-0.05, 0) is 44.0 Å². The van der Waals surface area contributed by atoms with Crippen molar-refractivity contribution in [3.05, 3.63) is 24.3 Å². The largest absolute Gasteiger partial charge is 0.497 e.